The van der Waals surface area contributed by atoms with Gasteiger partial charge in [-0.15, -0.1) is 0 Å². The zero-order valence-corrected chi connectivity index (χ0v) is 18.0. The highest BCUT2D eigenvalue weighted by Crippen LogP contribution is 2.35. The molecule has 1 N–H and O–H groups in total. The van der Waals surface area contributed by atoms with Gasteiger partial charge in [-0.2, -0.15) is 4.31 Å². The molecule has 0 saturated carbocycles. The molecular weight excluding hydrogens is 448 g/mol. The number of hydrogen-bond donors (Lipinski definition) is 1. The second-order valence-corrected chi connectivity index (χ2v) is 9.43. The quantitative estimate of drug-likeness (QED) is 0.459. The van der Waals surface area contributed by atoms with E-state index in [1.165, 1.54) is 42.5 Å². The fourth-order valence-corrected chi connectivity index (χ4v) is 5.48. The van der Waals surface area contributed by atoms with Crippen molar-refractivity contribution in [3.8, 4) is 0 Å². The third-order valence-corrected chi connectivity index (χ3v) is 7.28. The molecule has 0 saturated heterocycles. The summed E-state index contributed by atoms with van der Waals surface area (Å²) in [5.41, 5.74) is 0.931. The van der Waals surface area contributed by atoms with Crippen molar-refractivity contribution in [1.82, 2.24) is 0 Å². The lowest BCUT2D eigenvalue weighted by atomic mass is 10.1. The molecule has 32 heavy (non-hydrogen) atoms. The Labute approximate surface area is 189 Å². The minimum Gasteiger partial charge on any atom is -0.321 e. The van der Waals surface area contributed by atoms with Crippen LogP contribution in [0.5, 0.6) is 0 Å². The van der Waals surface area contributed by atoms with Crippen molar-refractivity contribution in [2.75, 3.05) is 9.62 Å². The molecular formula is C24H15ClN2O4S. The van der Waals surface area contributed by atoms with Gasteiger partial charge in [-0.25, -0.2) is 8.42 Å². The Morgan fingerprint density at radius 3 is 2.38 bits per heavy atom. The van der Waals surface area contributed by atoms with Gasteiger partial charge in [-0.05, 0) is 53.9 Å². The molecule has 1 aliphatic heterocycles. The van der Waals surface area contributed by atoms with Gasteiger partial charge in [0.1, 0.15) is 4.90 Å². The third kappa shape index (κ3) is 3.23. The lowest BCUT2D eigenvalue weighted by Gasteiger charge is -2.15. The molecule has 8 heteroatoms. The van der Waals surface area contributed by atoms with E-state index in [0.29, 0.717) is 10.7 Å². The molecule has 0 fully saturated rings. The van der Waals surface area contributed by atoms with E-state index in [2.05, 4.69) is 5.32 Å². The summed E-state index contributed by atoms with van der Waals surface area (Å²) in [6.45, 7) is 0. The van der Waals surface area contributed by atoms with Crippen LogP contribution in [0.1, 0.15) is 20.7 Å². The fraction of sp³-hybridized carbons (Fsp3) is 0. The minimum atomic E-state index is -4.16. The predicted molar refractivity (Wildman–Crippen MR) is 124 cm³/mol. The summed E-state index contributed by atoms with van der Waals surface area (Å²) < 4.78 is 27.0. The Bertz CT molecular complexity index is 1510. The van der Waals surface area contributed by atoms with Gasteiger partial charge in [0.2, 0.25) is 0 Å². The molecule has 0 spiro atoms. The largest absolute Gasteiger partial charge is 0.321 e. The van der Waals surface area contributed by atoms with Crippen molar-refractivity contribution in [2.45, 2.75) is 4.90 Å². The smallest absolute Gasteiger partial charge is 0.273 e. The maximum Gasteiger partial charge on any atom is 0.273 e. The Hall–Kier alpha value is -3.68. The van der Waals surface area contributed by atoms with Gasteiger partial charge in [0, 0.05) is 21.7 Å². The summed E-state index contributed by atoms with van der Waals surface area (Å²) in [6, 6.07) is 23.1. The molecule has 0 atom stereocenters. The van der Waals surface area contributed by atoms with Crippen LogP contribution in [0.3, 0.4) is 0 Å². The van der Waals surface area contributed by atoms with Gasteiger partial charge in [-0.3, -0.25) is 9.59 Å². The summed E-state index contributed by atoms with van der Waals surface area (Å²) in [7, 11) is -4.16. The first-order valence-corrected chi connectivity index (χ1v) is 11.5. The molecule has 0 aromatic heterocycles. The van der Waals surface area contributed by atoms with E-state index in [9.17, 15) is 18.0 Å². The molecule has 5 rings (SSSR count). The highest BCUT2D eigenvalue weighted by molar-refractivity contribution is 7.94. The lowest BCUT2D eigenvalue weighted by Crippen LogP contribution is -2.29. The van der Waals surface area contributed by atoms with E-state index in [1.54, 1.807) is 6.07 Å². The molecule has 1 aliphatic rings. The Kier molecular flexibility index (Phi) is 4.73. The van der Waals surface area contributed by atoms with Crippen molar-refractivity contribution in [1.29, 1.82) is 0 Å². The number of nitrogens with zero attached hydrogens (tertiary/aromatic N) is 1. The van der Waals surface area contributed by atoms with Gasteiger partial charge < -0.3 is 5.32 Å². The summed E-state index contributed by atoms with van der Waals surface area (Å²) >= 11 is 5.88. The van der Waals surface area contributed by atoms with Crippen LogP contribution >= 0.6 is 11.6 Å². The third-order valence-electron chi connectivity index (χ3n) is 5.28. The molecule has 4 aromatic carbocycles. The monoisotopic (exact) mass is 462 g/mol. The number of rotatable bonds is 3. The first kappa shape index (κ1) is 20.2. The number of fused-ring (bicyclic) bond motifs is 2. The number of amides is 2. The van der Waals surface area contributed by atoms with Gasteiger partial charge >= 0.3 is 0 Å². The van der Waals surface area contributed by atoms with Crippen molar-refractivity contribution >= 4 is 55.6 Å². The number of hydrogen-bond acceptors (Lipinski definition) is 4. The number of carbonyl (C=O) groups excluding carboxylic acids is 2. The standard InChI is InChI=1S/C24H15ClN2O4S/c25-17-9-11-18(12-10-17)27-24(29)20-13-8-16(14-22(20)32(27,30)31)23(28)26-21-7-3-5-15-4-1-2-6-19(15)21/h1-14H,(H,26,28). The summed E-state index contributed by atoms with van der Waals surface area (Å²) in [4.78, 5) is 25.5. The maximum atomic E-state index is 13.1. The molecule has 4 aromatic rings. The van der Waals surface area contributed by atoms with Crippen LogP contribution in [0.25, 0.3) is 10.8 Å². The highest BCUT2D eigenvalue weighted by atomic mass is 35.5. The molecule has 0 unspecified atom stereocenters. The van der Waals surface area contributed by atoms with Gasteiger partial charge in [0.15, 0.2) is 0 Å². The van der Waals surface area contributed by atoms with Crippen LogP contribution in [0, 0.1) is 0 Å². The molecule has 6 nitrogen and oxygen atoms in total. The molecule has 158 valence electrons. The second-order valence-electron chi connectivity index (χ2n) is 7.24. The van der Waals surface area contributed by atoms with Crippen molar-refractivity contribution in [3.05, 3.63) is 101 Å². The lowest BCUT2D eigenvalue weighted by molar-refractivity contribution is 0.100. The van der Waals surface area contributed by atoms with E-state index in [4.69, 9.17) is 11.6 Å². The minimum absolute atomic E-state index is 0.0154. The van der Waals surface area contributed by atoms with Crippen LogP contribution in [0.2, 0.25) is 5.02 Å². The zero-order chi connectivity index (χ0) is 22.5. The number of anilines is 2. The van der Waals surface area contributed by atoms with Crippen LogP contribution in [-0.2, 0) is 10.0 Å². The van der Waals surface area contributed by atoms with Crippen LogP contribution in [0.15, 0.2) is 89.8 Å². The first-order chi connectivity index (χ1) is 15.4. The summed E-state index contributed by atoms with van der Waals surface area (Å²) in [6.07, 6.45) is 0. The number of nitrogens with one attached hydrogen (secondary N) is 1. The Morgan fingerprint density at radius 1 is 0.875 bits per heavy atom. The number of sulfonamides is 1. The van der Waals surface area contributed by atoms with Gasteiger partial charge in [0.25, 0.3) is 21.8 Å². The van der Waals surface area contributed by atoms with Crippen LogP contribution in [-0.4, -0.2) is 20.2 Å². The fourth-order valence-electron chi connectivity index (χ4n) is 3.73. The molecule has 1 heterocycles. The predicted octanol–water partition coefficient (Wildman–Crippen LogP) is 5.09. The Balaban J connectivity index is 1.51. The van der Waals surface area contributed by atoms with Crippen LogP contribution in [0.4, 0.5) is 11.4 Å². The summed E-state index contributed by atoms with van der Waals surface area (Å²) in [5.74, 6) is -1.15. The zero-order valence-electron chi connectivity index (χ0n) is 16.4. The average Bonchev–Trinajstić information content (AvgIpc) is 2.99. The van der Waals surface area contributed by atoms with E-state index in [0.717, 1.165) is 15.1 Å². The normalized spacial score (nSPS) is 14.4. The maximum absolute atomic E-state index is 13.1. The summed E-state index contributed by atoms with van der Waals surface area (Å²) in [5, 5.41) is 5.08. The molecule has 0 aliphatic carbocycles. The van der Waals surface area contributed by atoms with Crippen LogP contribution < -0.4 is 9.62 Å². The molecule has 2 amide bonds. The van der Waals surface area contributed by atoms with E-state index >= 15 is 0 Å². The van der Waals surface area contributed by atoms with E-state index < -0.39 is 21.8 Å². The van der Waals surface area contributed by atoms with Crippen molar-refractivity contribution in [2.24, 2.45) is 0 Å². The number of halogens is 1. The average molecular weight is 463 g/mol. The molecule has 0 radical (unpaired) electrons. The van der Waals surface area contributed by atoms with Gasteiger partial charge in [0.05, 0.1) is 11.3 Å². The topological polar surface area (TPSA) is 83.6 Å². The number of carbonyl (C=O) groups is 2. The first-order valence-electron chi connectivity index (χ1n) is 9.65. The van der Waals surface area contributed by atoms with Gasteiger partial charge in [-0.1, -0.05) is 48.0 Å². The van der Waals surface area contributed by atoms with E-state index in [1.807, 2.05) is 36.4 Å². The SMILES string of the molecule is O=C(Nc1cccc2ccccc12)c1ccc2c(c1)S(=O)(=O)N(c1ccc(Cl)cc1)C2=O. The second kappa shape index (κ2) is 7.47. The van der Waals surface area contributed by atoms with Crippen molar-refractivity contribution in [3.63, 3.8) is 0 Å². The number of benzene rings is 4. The highest BCUT2D eigenvalue weighted by Gasteiger charge is 2.42. The Morgan fingerprint density at radius 2 is 1.59 bits per heavy atom. The molecule has 0 bridgehead atoms. The van der Waals surface area contributed by atoms with E-state index in [-0.39, 0.29) is 21.7 Å². The van der Waals surface area contributed by atoms with Crippen molar-refractivity contribution < 1.29 is 18.0 Å².